The molecule has 0 bridgehead atoms. The number of carbonyl (C=O) groups is 1. The summed E-state index contributed by atoms with van der Waals surface area (Å²) in [5, 5.41) is 15.6. The molecule has 7 nitrogen and oxygen atoms in total. The van der Waals surface area contributed by atoms with Crippen LogP contribution in [-0.2, 0) is 0 Å². The summed E-state index contributed by atoms with van der Waals surface area (Å²) in [4.78, 5) is 17.7. The van der Waals surface area contributed by atoms with Gasteiger partial charge in [0.15, 0.2) is 5.82 Å². The van der Waals surface area contributed by atoms with Gasteiger partial charge in [0.2, 0.25) is 5.89 Å². The van der Waals surface area contributed by atoms with Crippen molar-refractivity contribution < 1.29 is 18.8 Å². The van der Waals surface area contributed by atoms with Gasteiger partial charge in [0.1, 0.15) is 11.9 Å². The van der Waals surface area contributed by atoms with E-state index in [1.807, 2.05) is 0 Å². The van der Waals surface area contributed by atoms with Gasteiger partial charge in [0.05, 0.1) is 12.6 Å². The van der Waals surface area contributed by atoms with Gasteiger partial charge in [-0.15, -0.1) is 0 Å². The van der Waals surface area contributed by atoms with Gasteiger partial charge in [-0.1, -0.05) is 23.4 Å². The number of likely N-dealkylation sites (N-methyl/N-ethyl adjacent to an activating group) is 1. The van der Waals surface area contributed by atoms with E-state index in [2.05, 4.69) is 15.5 Å². The van der Waals surface area contributed by atoms with E-state index in [1.54, 1.807) is 32.0 Å². The van der Waals surface area contributed by atoms with Crippen molar-refractivity contribution in [3.05, 3.63) is 47.4 Å². The first-order valence-corrected chi connectivity index (χ1v) is 7.12. The maximum atomic E-state index is 14.1. The highest BCUT2D eigenvalue weighted by Crippen LogP contribution is 2.22. The van der Waals surface area contributed by atoms with Crippen LogP contribution in [0.3, 0.4) is 0 Å². The average Bonchev–Trinajstić information content (AvgIpc) is 2.98. The maximum Gasteiger partial charge on any atom is 0.318 e. The lowest BCUT2D eigenvalue weighted by molar-refractivity contribution is 0.155. The molecule has 0 aliphatic carbocycles. The summed E-state index contributed by atoms with van der Waals surface area (Å²) in [5.74, 6) is -0.0169. The minimum absolute atomic E-state index is 0.158. The highest BCUT2D eigenvalue weighted by atomic mass is 19.1. The number of amides is 2. The van der Waals surface area contributed by atoms with E-state index in [-0.39, 0.29) is 24.0 Å². The Morgan fingerprint density at radius 2 is 2.17 bits per heavy atom. The summed E-state index contributed by atoms with van der Waals surface area (Å²) in [7, 11) is 1.54. The fourth-order valence-corrected chi connectivity index (χ4v) is 1.97. The van der Waals surface area contributed by atoms with Gasteiger partial charge in [0.25, 0.3) is 0 Å². The van der Waals surface area contributed by atoms with Crippen LogP contribution in [0.4, 0.5) is 9.18 Å². The molecule has 2 unspecified atom stereocenters. The van der Waals surface area contributed by atoms with E-state index in [0.29, 0.717) is 5.89 Å². The lowest BCUT2D eigenvalue weighted by Crippen LogP contribution is -2.45. The summed E-state index contributed by atoms with van der Waals surface area (Å²) in [5.41, 5.74) is 0.228. The molecule has 2 rings (SSSR count). The normalized spacial score (nSPS) is 13.4. The minimum Gasteiger partial charge on any atom is -0.394 e. The first-order chi connectivity index (χ1) is 10.9. The summed E-state index contributed by atoms with van der Waals surface area (Å²) < 4.78 is 19.0. The molecule has 0 spiro atoms. The Kier molecular flexibility index (Phi) is 5.28. The van der Waals surface area contributed by atoms with E-state index >= 15 is 0 Å². The first-order valence-electron chi connectivity index (χ1n) is 7.12. The number of hydrogen-bond acceptors (Lipinski definition) is 5. The van der Waals surface area contributed by atoms with Crippen LogP contribution in [-0.4, -0.2) is 45.9 Å². The van der Waals surface area contributed by atoms with Gasteiger partial charge in [-0.05, 0) is 13.0 Å². The van der Waals surface area contributed by atoms with Crippen molar-refractivity contribution in [2.75, 3.05) is 13.7 Å². The van der Waals surface area contributed by atoms with Gasteiger partial charge in [-0.2, -0.15) is 4.98 Å². The van der Waals surface area contributed by atoms with Crippen LogP contribution in [0.15, 0.2) is 28.8 Å². The first kappa shape index (κ1) is 16.9. The smallest absolute Gasteiger partial charge is 0.318 e. The number of benzene rings is 1. The molecule has 0 radical (unpaired) electrons. The number of aryl methyl sites for hydroxylation is 1. The van der Waals surface area contributed by atoms with Crippen LogP contribution >= 0.6 is 0 Å². The van der Waals surface area contributed by atoms with Crippen LogP contribution in [0.2, 0.25) is 0 Å². The highest BCUT2D eigenvalue weighted by molar-refractivity contribution is 5.75. The van der Waals surface area contributed by atoms with E-state index in [9.17, 15) is 9.18 Å². The summed E-state index contributed by atoms with van der Waals surface area (Å²) in [6.07, 6.45) is 0. The number of nitrogens with zero attached hydrogens (tertiary/aromatic N) is 3. The summed E-state index contributed by atoms with van der Waals surface area (Å²) in [6.45, 7) is 3.11. The molecule has 0 saturated carbocycles. The largest absolute Gasteiger partial charge is 0.394 e. The molecular weight excluding hydrogens is 303 g/mol. The monoisotopic (exact) mass is 322 g/mol. The number of aromatic nitrogens is 2. The zero-order chi connectivity index (χ0) is 17.0. The zero-order valence-corrected chi connectivity index (χ0v) is 13.2. The summed E-state index contributed by atoms with van der Waals surface area (Å²) >= 11 is 0. The second-order valence-electron chi connectivity index (χ2n) is 5.22. The quantitative estimate of drug-likeness (QED) is 0.873. The fraction of sp³-hybridized carbons (Fsp3) is 0.400. The Hall–Kier alpha value is -2.48. The molecule has 2 atom stereocenters. The molecule has 1 aromatic carbocycles. The molecule has 1 heterocycles. The third-order valence-corrected chi connectivity index (χ3v) is 3.53. The molecule has 0 saturated heterocycles. The Balaban J connectivity index is 2.32. The van der Waals surface area contributed by atoms with Crippen LogP contribution < -0.4 is 5.32 Å². The van der Waals surface area contributed by atoms with Gasteiger partial charge in [-0.25, -0.2) is 9.18 Å². The number of aliphatic hydroxyl groups is 1. The van der Waals surface area contributed by atoms with Crippen molar-refractivity contribution >= 4 is 6.03 Å². The minimum atomic E-state index is -0.894. The Labute approximate surface area is 133 Å². The molecule has 1 aromatic heterocycles. The molecular formula is C15H19FN4O3. The second-order valence-corrected chi connectivity index (χ2v) is 5.22. The van der Waals surface area contributed by atoms with Gasteiger partial charge in [0, 0.05) is 19.5 Å². The highest BCUT2D eigenvalue weighted by Gasteiger charge is 2.26. The number of urea groups is 1. The number of nitrogens with one attached hydrogen (secondary N) is 1. The van der Waals surface area contributed by atoms with Gasteiger partial charge >= 0.3 is 6.03 Å². The zero-order valence-electron chi connectivity index (χ0n) is 13.2. The number of carbonyl (C=O) groups excluding carboxylic acids is 1. The topological polar surface area (TPSA) is 91.5 Å². The number of rotatable bonds is 5. The second kappa shape index (κ2) is 7.19. The number of hydrogen-bond donors (Lipinski definition) is 2. The van der Waals surface area contributed by atoms with Gasteiger partial charge in [-0.3, -0.25) is 0 Å². The Bertz CT molecular complexity index is 676. The molecule has 2 aromatic rings. The van der Waals surface area contributed by atoms with Crippen molar-refractivity contribution in [2.45, 2.75) is 25.9 Å². The van der Waals surface area contributed by atoms with Crippen molar-refractivity contribution in [2.24, 2.45) is 0 Å². The molecule has 2 amide bonds. The van der Waals surface area contributed by atoms with E-state index in [4.69, 9.17) is 9.63 Å². The van der Waals surface area contributed by atoms with Crippen LogP contribution in [0.25, 0.3) is 0 Å². The molecule has 124 valence electrons. The van der Waals surface area contributed by atoms with Crippen molar-refractivity contribution in [1.29, 1.82) is 0 Å². The lowest BCUT2D eigenvalue weighted by Gasteiger charge is -2.26. The van der Waals surface area contributed by atoms with E-state index < -0.39 is 17.9 Å². The van der Waals surface area contributed by atoms with Crippen molar-refractivity contribution in [1.82, 2.24) is 20.4 Å². The standard InChI is InChI=1S/C15H19FN4O3/c1-9(8-21)20(3)15(22)18-13(14-17-10(2)23-19-14)11-6-4-5-7-12(11)16/h4-7,9,13,21H,8H2,1-3H3,(H,18,22). The maximum absolute atomic E-state index is 14.1. The van der Waals surface area contributed by atoms with E-state index in [0.717, 1.165) is 0 Å². The predicted octanol–water partition coefficient (Wildman–Crippen LogP) is 1.63. The molecule has 0 fully saturated rings. The molecule has 0 aliphatic heterocycles. The fourth-order valence-electron chi connectivity index (χ4n) is 1.97. The van der Waals surface area contributed by atoms with E-state index in [1.165, 1.54) is 18.0 Å². The van der Waals surface area contributed by atoms with Crippen LogP contribution in [0.5, 0.6) is 0 Å². The SMILES string of the molecule is Cc1nc(C(NC(=O)N(C)C(C)CO)c2ccccc2F)no1. The van der Waals surface area contributed by atoms with Crippen molar-refractivity contribution in [3.8, 4) is 0 Å². The molecule has 2 N–H and O–H groups in total. The van der Waals surface area contributed by atoms with Crippen molar-refractivity contribution in [3.63, 3.8) is 0 Å². The third kappa shape index (κ3) is 3.84. The number of halogens is 1. The number of aliphatic hydroxyl groups excluding tert-OH is 1. The average molecular weight is 322 g/mol. The van der Waals surface area contributed by atoms with Crippen LogP contribution in [0, 0.1) is 12.7 Å². The van der Waals surface area contributed by atoms with Gasteiger partial charge < -0.3 is 19.8 Å². The lowest BCUT2D eigenvalue weighted by atomic mass is 10.1. The predicted molar refractivity (Wildman–Crippen MR) is 80.1 cm³/mol. The third-order valence-electron chi connectivity index (χ3n) is 3.53. The molecule has 23 heavy (non-hydrogen) atoms. The Morgan fingerprint density at radius 1 is 1.48 bits per heavy atom. The summed E-state index contributed by atoms with van der Waals surface area (Å²) in [6, 6.07) is 4.28. The van der Waals surface area contributed by atoms with Crippen LogP contribution in [0.1, 0.15) is 30.2 Å². The Morgan fingerprint density at radius 3 is 2.74 bits per heavy atom. The molecule has 8 heteroatoms. The molecule has 0 aliphatic rings.